The zero-order chi connectivity index (χ0) is 15.7. The number of phenolic OH excluding ortho intramolecular Hbond substituents is 1. The van der Waals surface area contributed by atoms with Crippen molar-refractivity contribution in [3.05, 3.63) is 59.4 Å². The summed E-state index contributed by atoms with van der Waals surface area (Å²) in [5.41, 5.74) is 0.597. The SMILES string of the molecule is O=C1/C(=C/c2ccccc2OC(F)F)Oc2cc(O)ccc21. The molecule has 1 aliphatic heterocycles. The van der Waals surface area contributed by atoms with E-state index < -0.39 is 6.61 Å². The molecular weight excluding hydrogens is 294 g/mol. The van der Waals surface area contributed by atoms with Gasteiger partial charge in [-0.2, -0.15) is 8.78 Å². The first-order chi connectivity index (χ1) is 10.5. The molecule has 1 aliphatic rings. The number of aromatic hydroxyl groups is 1. The second kappa shape index (κ2) is 5.48. The number of hydrogen-bond donors (Lipinski definition) is 1. The van der Waals surface area contributed by atoms with Crippen LogP contribution in [0.3, 0.4) is 0 Å². The number of halogens is 2. The van der Waals surface area contributed by atoms with Crippen molar-refractivity contribution >= 4 is 11.9 Å². The maximum atomic E-state index is 12.4. The molecule has 0 saturated carbocycles. The highest BCUT2D eigenvalue weighted by Crippen LogP contribution is 2.35. The zero-order valence-electron chi connectivity index (χ0n) is 11.1. The third-order valence-corrected chi connectivity index (χ3v) is 3.08. The van der Waals surface area contributed by atoms with Gasteiger partial charge in [-0.3, -0.25) is 4.79 Å². The largest absolute Gasteiger partial charge is 0.508 e. The molecule has 0 spiro atoms. The van der Waals surface area contributed by atoms with Crippen molar-refractivity contribution in [2.45, 2.75) is 6.61 Å². The van der Waals surface area contributed by atoms with Gasteiger partial charge in [0.2, 0.25) is 5.78 Å². The van der Waals surface area contributed by atoms with Crippen LogP contribution < -0.4 is 9.47 Å². The summed E-state index contributed by atoms with van der Waals surface area (Å²) in [6.45, 7) is -2.96. The second-order valence-electron chi connectivity index (χ2n) is 4.54. The third kappa shape index (κ3) is 2.63. The number of para-hydroxylation sites is 1. The van der Waals surface area contributed by atoms with E-state index in [1.807, 2.05) is 0 Å². The summed E-state index contributed by atoms with van der Waals surface area (Å²) in [5.74, 6) is -0.272. The predicted molar refractivity (Wildman–Crippen MR) is 74.1 cm³/mol. The summed E-state index contributed by atoms with van der Waals surface area (Å²) in [6, 6.07) is 10.2. The predicted octanol–water partition coefficient (Wildman–Crippen LogP) is 3.61. The van der Waals surface area contributed by atoms with E-state index in [9.17, 15) is 18.7 Å². The molecule has 4 nitrogen and oxygen atoms in total. The fraction of sp³-hybridized carbons (Fsp3) is 0.0625. The number of Topliss-reactive ketones (excluding diaryl/α,β-unsaturated/α-hetero) is 1. The number of carbonyl (C=O) groups is 1. The summed E-state index contributed by atoms with van der Waals surface area (Å²) in [6.07, 6.45) is 1.33. The van der Waals surface area contributed by atoms with Crippen molar-refractivity contribution in [1.29, 1.82) is 0 Å². The Morgan fingerprint density at radius 1 is 1.18 bits per heavy atom. The normalized spacial score (nSPS) is 15.0. The standard InChI is InChI=1S/C16H10F2O4/c17-16(18)22-12-4-2-1-3-9(12)7-14-15(20)11-6-5-10(19)8-13(11)21-14/h1-8,16,19H/b14-7-. The fourth-order valence-electron chi connectivity index (χ4n) is 2.12. The molecule has 0 bridgehead atoms. The zero-order valence-corrected chi connectivity index (χ0v) is 11.1. The van der Waals surface area contributed by atoms with E-state index in [-0.39, 0.29) is 28.8 Å². The average Bonchev–Trinajstić information content (AvgIpc) is 2.76. The highest BCUT2D eigenvalue weighted by Gasteiger charge is 2.27. The van der Waals surface area contributed by atoms with Gasteiger partial charge in [0.1, 0.15) is 17.2 Å². The number of hydrogen-bond acceptors (Lipinski definition) is 4. The number of benzene rings is 2. The molecule has 0 radical (unpaired) electrons. The van der Waals surface area contributed by atoms with Crippen molar-refractivity contribution in [1.82, 2.24) is 0 Å². The van der Waals surface area contributed by atoms with Crippen LogP contribution in [0.1, 0.15) is 15.9 Å². The topological polar surface area (TPSA) is 55.8 Å². The first-order valence-electron chi connectivity index (χ1n) is 6.35. The maximum absolute atomic E-state index is 12.4. The molecule has 6 heteroatoms. The first kappa shape index (κ1) is 14.1. The van der Waals surface area contributed by atoms with E-state index in [1.165, 1.54) is 36.4 Å². The van der Waals surface area contributed by atoms with Gasteiger partial charge in [0.25, 0.3) is 0 Å². The van der Waals surface area contributed by atoms with E-state index >= 15 is 0 Å². The van der Waals surface area contributed by atoms with Crippen molar-refractivity contribution < 1.29 is 28.2 Å². The molecule has 112 valence electrons. The summed E-state index contributed by atoms with van der Waals surface area (Å²) >= 11 is 0. The van der Waals surface area contributed by atoms with Gasteiger partial charge in [-0.25, -0.2) is 0 Å². The number of rotatable bonds is 3. The Bertz CT molecular complexity index is 768. The Balaban J connectivity index is 1.96. The average molecular weight is 304 g/mol. The van der Waals surface area contributed by atoms with E-state index in [0.29, 0.717) is 11.1 Å². The van der Waals surface area contributed by atoms with Crippen molar-refractivity contribution in [2.24, 2.45) is 0 Å². The van der Waals surface area contributed by atoms with Crippen LogP contribution in [0.5, 0.6) is 17.2 Å². The van der Waals surface area contributed by atoms with E-state index in [2.05, 4.69) is 4.74 Å². The molecule has 3 rings (SSSR count). The van der Waals surface area contributed by atoms with Gasteiger partial charge in [0.05, 0.1) is 5.56 Å². The minimum atomic E-state index is -2.96. The van der Waals surface area contributed by atoms with Crippen LogP contribution >= 0.6 is 0 Å². The summed E-state index contributed by atoms with van der Waals surface area (Å²) in [7, 11) is 0. The van der Waals surface area contributed by atoms with E-state index in [4.69, 9.17) is 4.74 Å². The molecule has 0 aromatic heterocycles. The Morgan fingerprint density at radius 3 is 2.73 bits per heavy atom. The molecule has 2 aromatic carbocycles. The van der Waals surface area contributed by atoms with Gasteiger partial charge >= 0.3 is 6.61 Å². The number of fused-ring (bicyclic) bond motifs is 1. The lowest BCUT2D eigenvalue weighted by Crippen LogP contribution is -2.04. The maximum Gasteiger partial charge on any atom is 0.387 e. The molecule has 1 heterocycles. The van der Waals surface area contributed by atoms with Gasteiger partial charge in [-0.15, -0.1) is 0 Å². The molecule has 0 fully saturated rings. The summed E-state index contributed by atoms with van der Waals surface area (Å²) in [4.78, 5) is 12.2. The van der Waals surface area contributed by atoms with Crippen LogP contribution in [0.15, 0.2) is 48.2 Å². The van der Waals surface area contributed by atoms with Crippen LogP contribution in [-0.4, -0.2) is 17.5 Å². The third-order valence-electron chi connectivity index (χ3n) is 3.08. The smallest absolute Gasteiger partial charge is 0.387 e. The van der Waals surface area contributed by atoms with Crippen LogP contribution in [0.25, 0.3) is 6.08 Å². The molecule has 0 saturated heterocycles. The number of ether oxygens (including phenoxy) is 2. The number of ketones is 1. The monoisotopic (exact) mass is 304 g/mol. The van der Waals surface area contributed by atoms with Crippen LogP contribution in [0.2, 0.25) is 0 Å². The number of allylic oxidation sites excluding steroid dienone is 1. The number of alkyl halides is 2. The number of carbonyl (C=O) groups excluding carboxylic acids is 1. The molecule has 2 aromatic rings. The van der Waals surface area contributed by atoms with Gasteiger partial charge in [-0.05, 0) is 24.3 Å². The molecule has 0 amide bonds. The first-order valence-corrected chi connectivity index (χ1v) is 6.35. The Kier molecular flexibility index (Phi) is 3.50. The van der Waals surface area contributed by atoms with Crippen LogP contribution in [0, 0.1) is 0 Å². The molecule has 22 heavy (non-hydrogen) atoms. The van der Waals surface area contributed by atoms with Crippen LogP contribution in [0.4, 0.5) is 8.78 Å². The lowest BCUT2D eigenvalue weighted by molar-refractivity contribution is -0.0499. The van der Waals surface area contributed by atoms with Gasteiger partial charge in [0.15, 0.2) is 5.76 Å². The molecule has 1 N–H and O–H groups in total. The van der Waals surface area contributed by atoms with Gasteiger partial charge < -0.3 is 14.6 Å². The van der Waals surface area contributed by atoms with Crippen LogP contribution in [-0.2, 0) is 0 Å². The highest BCUT2D eigenvalue weighted by atomic mass is 19.3. The minimum absolute atomic E-state index is 0.0223. The quantitative estimate of drug-likeness (QED) is 0.880. The van der Waals surface area contributed by atoms with Crippen molar-refractivity contribution in [3.8, 4) is 17.2 Å². The molecular formula is C16H10F2O4. The summed E-state index contributed by atoms with van der Waals surface area (Å²) in [5, 5.41) is 9.39. The molecule has 0 unspecified atom stereocenters. The fourth-order valence-corrected chi connectivity index (χ4v) is 2.12. The number of phenols is 1. The Hall–Kier alpha value is -2.89. The van der Waals surface area contributed by atoms with Crippen molar-refractivity contribution in [2.75, 3.05) is 0 Å². The molecule has 0 atom stereocenters. The van der Waals surface area contributed by atoms with E-state index in [1.54, 1.807) is 12.1 Å². The Morgan fingerprint density at radius 2 is 1.95 bits per heavy atom. The van der Waals surface area contributed by atoms with Crippen molar-refractivity contribution in [3.63, 3.8) is 0 Å². The van der Waals surface area contributed by atoms with Gasteiger partial charge in [-0.1, -0.05) is 18.2 Å². The highest BCUT2D eigenvalue weighted by molar-refractivity contribution is 6.14. The lowest BCUT2D eigenvalue weighted by Gasteiger charge is -2.07. The van der Waals surface area contributed by atoms with E-state index in [0.717, 1.165) is 0 Å². The second-order valence-corrected chi connectivity index (χ2v) is 4.54. The summed E-state index contributed by atoms with van der Waals surface area (Å²) < 4.78 is 34.5. The molecule has 0 aliphatic carbocycles. The van der Waals surface area contributed by atoms with Gasteiger partial charge in [0, 0.05) is 11.6 Å². The minimum Gasteiger partial charge on any atom is -0.508 e. The Labute approximate surface area is 124 Å². The lowest BCUT2D eigenvalue weighted by atomic mass is 10.1.